The molecule has 0 unspecified atom stereocenters. The summed E-state index contributed by atoms with van der Waals surface area (Å²) in [6.07, 6.45) is 1.62. The molecule has 0 bridgehead atoms. The first kappa shape index (κ1) is 24.6. The van der Waals surface area contributed by atoms with Crippen LogP contribution in [-0.2, 0) is 12.0 Å². The number of hydrogen-bond donors (Lipinski definition) is 0. The third kappa shape index (κ3) is 5.43. The van der Waals surface area contributed by atoms with Crippen molar-refractivity contribution in [2.45, 2.75) is 32.8 Å². The Morgan fingerprint density at radius 3 is 2.50 bits per heavy atom. The summed E-state index contributed by atoms with van der Waals surface area (Å²) in [5.41, 5.74) is 1.59. The van der Waals surface area contributed by atoms with E-state index in [4.69, 9.17) is 21.3 Å². The van der Waals surface area contributed by atoms with Gasteiger partial charge >= 0.3 is 0 Å². The van der Waals surface area contributed by atoms with Crippen LogP contribution in [0.1, 0.15) is 37.7 Å². The lowest BCUT2D eigenvalue weighted by molar-refractivity contribution is 0.306. The molecule has 0 saturated heterocycles. The van der Waals surface area contributed by atoms with Gasteiger partial charge in [0.25, 0.3) is 5.56 Å². The van der Waals surface area contributed by atoms with E-state index in [0.29, 0.717) is 39.7 Å². The SMILES string of the molecule is CC(C)(C)c1nc2ccc(Br)cc2c(=O)n1N=Cc1cc(Br)ccc1OCc1ccccc1Cl. The Morgan fingerprint density at radius 2 is 1.76 bits per heavy atom. The molecule has 3 aromatic carbocycles. The number of rotatable bonds is 5. The van der Waals surface area contributed by atoms with Crippen LogP contribution < -0.4 is 10.3 Å². The molecule has 0 fully saturated rings. The van der Waals surface area contributed by atoms with Crippen LogP contribution in [0.3, 0.4) is 0 Å². The van der Waals surface area contributed by atoms with Gasteiger partial charge in [0.15, 0.2) is 0 Å². The van der Waals surface area contributed by atoms with Gasteiger partial charge in [0.2, 0.25) is 0 Å². The molecule has 0 N–H and O–H groups in total. The number of halogens is 3. The number of aromatic nitrogens is 2. The zero-order valence-corrected chi connectivity index (χ0v) is 22.8. The Balaban J connectivity index is 1.77. The van der Waals surface area contributed by atoms with Crippen LogP contribution in [0.2, 0.25) is 5.02 Å². The van der Waals surface area contributed by atoms with Gasteiger partial charge in [-0.15, -0.1) is 0 Å². The molecule has 1 heterocycles. The van der Waals surface area contributed by atoms with Crippen molar-refractivity contribution in [2.24, 2.45) is 5.10 Å². The third-order valence-corrected chi connectivity index (χ3v) is 6.46. The van der Waals surface area contributed by atoms with Gasteiger partial charge < -0.3 is 4.74 Å². The first-order valence-corrected chi connectivity index (χ1v) is 12.5. The summed E-state index contributed by atoms with van der Waals surface area (Å²) >= 11 is 13.2. The van der Waals surface area contributed by atoms with Crippen LogP contribution in [0.4, 0.5) is 0 Å². The molecule has 0 atom stereocenters. The van der Waals surface area contributed by atoms with Gasteiger partial charge in [-0.3, -0.25) is 4.79 Å². The molecular weight excluding hydrogens is 582 g/mol. The fourth-order valence-electron chi connectivity index (χ4n) is 3.38. The monoisotopic (exact) mass is 601 g/mol. The minimum absolute atomic E-state index is 0.235. The van der Waals surface area contributed by atoms with Crippen molar-refractivity contribution in [3.63, 3.8) is 0 Å². The van der Waals surface area contributed by atoms with Crippen molar-refractivity contribution in [3.8, 4) is 5.75 Å². The largest absolute Gasteiger partial charge is 0.488 e. The third-order valence-electron chi connectivity index (χ3n) is 5.10. The van der Waals surface area contributed by atoms with Crippen molar-refractivity contribution in [2.75, 3.05) is 0 Å². The van der Waals surface area contributed by atoms with Gasteiger partial charge in [0, 0.05) is 30.5 Å². The molecule has 4 aromatic rings. The molecular formula is C26H22Br2ClN3O2. The number of fused-ring (bicyclic) bond motifs is 1. The topological polar surface area (TPSA) is 56.5 Å². The Morgan fingerprint density at radius 1 is 1.06 bits per heavy atom. The standard InChI is InChI=1S/C26H22Br2ClN3O2/c1-26(2,3)25-31-22-10-8-19(28)13-20(22)24(33)32(25)30-14-17-12-18(27)9-11-23(17)34-15-16-6-4-5-7-21(16)29/h4-14H,15H2,1-3H3. The van der Waals surface area contributed by atoms with E-state index >= 15 is 0 Å². The van der Waals surface area contributed by atoms with Gasteiger partial charge in [-0.05, 0) is 42.5 Å². The van der Waals surface area contributed by atoms with Gasteiger partial charge in [-0.25, -0.2) is 4.98 Å². The van der Waals surface area contributed by atoms with Crippen molar-refractivity contribution >= 4 is 60.6 Å². The maximum atomic E-state index is 13.4. The van der Waals surface area contributed by atoms with Gasteiger partial charge in [-0.2, -0.15) is 9.78 Å². The van der Waals surface area contributed by atoms with E-state index in [0.717, 1.165) is 14.5 Å². The van der Waals surface area contributed by atoms with Crippen LogP contribution in [-0.4, -0.2) is 15.9 Å². The molecule has 4 rings (SSSR count). The van der Waals surface area contributed by atoms with E-state index in [-0.39, 0.29) is 5.56 Å². The molecule has 0 aliphatic carbocycles. The lowest BCUT2D eigenvalue weighted by Crippen LogP contribution is -2.29. The van der Waals surface area contributed by atoms with E-state index in [9.17, 15) is 4.79 Å². The number of hydrogen-bond acceptors (Lipinski definition) is 4. The second-order valence-electron chi connectivity index (χ2n) is 8.77. The number of nitrogens with zero attached hydrogens (tertiary/aromatic N) is 3. The highest BCUT2D eigenvalue weighted by Gasteiger charge is 2.23. The number of ether oxygens (including phenoxy) is 1. The van der Waals surface area contributed by atoms with Crippen LogP contribution in [0, 0.1) is 0 Å². The predicted octanol–water partition coefficient (Wildman–Crippen LogP) is 7.33. The fraction of sp³-hybridized carbons (Fsp3) is 0.192. The summed E-state index contributed by atoms with van der Waals surface area (Å²) in [5.74, 6) is 1.19. The lowest BCUT2D eigenvalue weighted by Gasteiger charge is -2.21. The molecule has 0 radical (unpaired) electrons. The van der Waals surface area contributed by atoms with Crippen molar-refractivity contribution in [3.05, 3.63) is 102 Å². The zero-order chi connectivity index (χ0) is 24.5. The predicted molar refractivity (Wildman–Crippen MR) is 145 cm³/mol. The highest BCUT2D eigenvalue weighted by molar-refractivity contribution is 9.10. The Hall–Kier alpha value is -2.48. The smallest absolute Gasteiger partial charge is 0.282 e. The van der Waals surface area contributed by atoms with E-state index in [1.165, 1.54) is 4.68 Å². The summed E-state index contributed by atoms with van der Waals surface area (Å²) in [5, 5.41) is 5.70. The minimum Gasteiger partial charge on any atom is -0.488 e. The fourth-order valence-corrected chi connectivity index (χ4v) is 4.31. The van der Waals surface area contributed by atoms with E-state index in [1.54, 1.807) is 12.3 Å². The molecule has 34 heavy (non-hydrogen) atoms. The maximum absolute atomic E-state index is 13.4. The molecule has 5 nitrogen and oxygen atoms in total. The highest BCUT2D eigenvalue weighted by atomic mass is 79.9. The van der Waals surface area contributed by atoms with Crippen molar-refractivity contribution < 1.29 is 4.74 Å². The quantitative estimate of drug-likeness (QED) is 0.225. The van der Waals surface area contributed by atoms with Crippen LogP contribution >= 0.6 is 43.5 Å². The molecule has 0 aliphatic rings. The van der Waals surface area contributed by atoms with Gasteiger partial charge in [-0.1, -0.05) is 82.4 Å². The molecule has 0 saturated carbocycles. The molecule has 0 spiro atoms. The summed E-state index contributed by atoms with van der Waals surface area (Å²) < 4.78 is 9.09. The molecule has 0 amide bonds. The molecule has 1 aromatic heterocycles. The van der Waals surface area contributed by atoms with Crippen LogP contribution in [0.15, 0.2) is 79.5 Å². The molecule has 8 heteroatoms. The summed E-state index contributed by atoms with van der Waals surface area (Å²) in [4.78, 5) is 18.2. The first-order chi connectivity index (χ1) is 16.1. The molecule has 0 aliphatic heterocycles. The van der Waals surface area contributed by atoms with Gasteiger partial charge in [0.05, 0.1) is 17.1 Å². The lowest BCUT2D eigenvalue weighted by atomic mass is 9.95. The summed E-state index contributed by atoms with van der Waals surface area (Å²) in [6.45, 7) is 6.31. The van der Waals surface area contributed by atoms with Crippen molar-refractivity contribution in [1.29, 1.82) is 0 Å². The first-order valence-electron chi connectivity index (χ1n) is 10.6. The Kier molecular flexibility index (Phi) is 7.26. The second kappa shape index (κ2) is 10.0. The van der Waals surface area contributed by atoms with E-state index in [2.05, 4.69) is 37.0 Å². The Labute approximate surface area is 219 Å². The summed E-state index contributed by atoms with van der Waals surface area (Å²) in [6, 6.07) is 18.6. The van der Waals surface area contributed by atoms with Crippen LogP contribution in [0.25, 0.3) is 10.9 Å². The average molecular weight is 604 g/mol. The summed E-state index contributed by atoms with van der Waals surface area (Å²) in [7, 11) is 0. The van der Waals surface area contributed by atoms with Gasteiger partial charge in [0.1, 0.15) is 18.2 Å². The Bertz CT molecular complexity index is 1460. The zero-order valence-electron chi connectivity index (χ0n) is 18.8. The number of benzene rings is 3. The average Bonchev–Trinajstić information content (AvgIpc) is 2.78. The minimum atomic E-state index is -0.404. The van der Waals surface area contributed by atoms with Crippen molar-refractivity contribution in [1.82, 2.24) is 9.66 Å². The van der Waals surface area contributed by atoms with Crippen LogP contribution in [0.5, 0.6) is 5.75 Å². The maximum Gasteiger partial charge on any atom is 0.282 e. The highest BCUT2D eigenvalue weighted by Crippen LogP contribution is 2.26. The second-order valence-corrected chi connectivity index (χ2v) is 11.0. The molecule has 174 valence electrons. The van der Waals surface area contributed by atoms with E-state index < -0.39 is 5.41 Å². The van der Waals surface area contributed by atoms with E-state index in [1.807, 2.05) is 75.4 Å². The normalized spacial score (nSPS) is 11.9.